The predicted molar refractivity (Wildman–Crippen MR) is 118 cm³/mol. The number of benzene rings is 2. The van der Waals surface area contributed by atoms with Crippen LogP contribution in [-0.4, -0.2) is 21.9 Å². The molecule has 5 nitrogen and oxygen atoms in total. The second-order valence-corrected chi connectivity index (χ2v) is 7.42. The molecule has 0 radical (unpaired) electrons. The molecule has 31 heavy (non-hydrogen) atoms. The number of fused-ring (bicyclic) bond motifs is 1. The first kappa shape index (κ1) is 20.6. The maximum Gasteiger partial charge on any atom is 0.262 e. The maximum atomic E-state index is 14.1. The number of halogens is 1. The van der Waals surface area contributed by atoms with E-state index in [1.165, 1.54) is 10.6 Å². The van der Waals surface area contributed by atoms with Crippen LogP contribution in [0.2, 0.25) is 0 Å². The van der Waals surface area contributed by atoms with Gasteiger partial charge in [0.1, 0.15) is 17.2 Å². The summed E-state index contributed by atoms with van der Waals surface area (Å²) in [6.45, 7) is 4.56. The molecule has 0 aliphatic carbocycles. The first-order chi connectivity index (χ1) is 15.0. The molecular formula is C25H23FN2O3. The van der Waals surface area contributed by atoms with Crippen LogP contribution >= 0.6 is 0 Å². The molecular weight excluding hydrogens is 395 g/mol. The zero-order valence-corrected chi connectivity index (χ0v) is 17.5. The average Bonchev–Trinajstić information content (AvgIpc) is 3.12. The van der Waals surface area contributed by atoms with Crippen molar-refractivity contribution >= 4 is 16.9 Å². The summed E-state index contributed by atoms with van der Waals surface area (Å²) in [5, 5.41) is 0.229. The summed E-state index contributed by atoms with van der Waals surface area (Å²) in [6, 6.07) is 17.7. The molecule has 0 unspecified atom stereocenters. The summed E-state index contributed by atoms with van der Waals surface area (Å²) in [4.78, 5) is 28.4. The fraction of sp³-hybridized carbons (Fsp3) is 0.200. The second kappa shape index (κ2) is 8.60. The Hall–Kier alpha value is -3.67. The van der Waals surface area contributed by atoms with Gasteiger partial charge in [-0.3, -0.25) is 9.59 Å². The fourth-order valence-corrected chi connectivity index (χ4v) is 3.75. The number of hydrogen-bond donors (Lipinski definition) is 0. The minimum Gasteiger partial charge on any atom is -0.460 e. The minimum absolute atomic E-state index is 0.0703. The van der Waals surface area contributed by atoms with Gasteiger partial charge in [0.05, 0.1) is 17.5 Å². The van der Waals surface area contributed by atoms with Gasteiger partial charge < -0.3 is 13.9 Å². The largest absolute Gasteiger partial charge is 0.460 e. The normalized spacial score (nSPS) is 11.1. The van der Waals surface area contributed by atoms with Gasteiger partial charge in [-0.15, -0.1) is 0 Å². The van der Waals surface area contributed by atoms with Crippen molar-refractivity contribution in [1.82, 2.24) is 9.47 Å². The Labute approximate surface area is 179 Å². The number of aromatic nitrogens is 1. The van der Waals surface area contributed by atoms with Crippen LogP contribution in [0.1, 0.15) is 34.2 Å². The number of carbonyl (C=O) groups is 1. The van der Waals surface area contributed by atoms with Crippen molar-refractivity contribution in [2.45, 2.75) is 26.9 Å². The Bertz CT molecular complexity index is 1290. The molecule has 4 aromatic rings. The van der Waals surface area contributed by atoms with E-state index in [2.05, 4.69) is 0 Å². The summed E-state index contributed by atoms with van der Waals surface area (Å²) in [6.07, 6.45) is 1.57. The number of hydrogen-bond acceptors (Lipinski definition) is 3. The molecule has 0 fully saturated rings. The van der Waals surface area contributed by atoms with Crippen LogP contribution < -0.4 is 5.56 Å². The molecule has 1 amide bonds. The van der Waals surface area contributed by atoms with E-state index in [0.29, 0.717) is 30.0 Å². The molecule has 0 N–H and O–H groups in total. The Morgan fingerprint density at radius 3 is 2.48 bits per heavy atom. The van der Waals surface area contributed by atoms with Gasteiger partial charge >= 0.3 is 0 Å². The topological polar surface area (TPSA) is 55.5 Å². The standard InChI is InChI=1S/C25H23FN2O3/c1-3-27(15-18-9-5-4-6-10-18)24(29)22-17(2)31-21-13-14-28(25(30)23(21)22)16-19-11-7-8-12-20(19)26/h4-14H,3,15-16H2,1-2H3. The van der Waals surface area contributed by atoms with Crippen LogP contribution in [0.25, 0.3) is 11.0 Å². The summed E-state index contributed by atoms with van der Waals surface area (Å²) < 4.78 is 21.2. The quantitative estimate of drug-likeness (QED) is 0.454. The molecule has 4 rings (SSSR count). The lowest BCUT2D eigenvalue weighted by molar-refractivity contribution is 0.0752. The van der Waals surface area contributed by atoms with E-state index in [0.717, 1.165) is 5.56 Å². The third-order valence-electron chi connectivity index (χ3n) is 5.39. The summed E-state index contributed by atoms with van der Waals surface area (Å²) >= 11 is 0. The SMILES string of the molecule is CCN(Cc1ccccc1)C(=O)c1c(C)oc2ccn(Cc3ccccc3F)c(=O)c12. The number of amides is 1. The average molecular weight is 418 g/mol. The molecule has 0 aliphatic rings. The van der Waals surface area contributed by atoms with Crippen LogP contribution in [0.4, 0.5) is 4.39 Å². The fourth-order valence-electron chi connectivity index (χ4n) is 3.75. The molecule has 0 bridgehead atoms. The zero-order chi connectivity index (χ0) is 22.0. The molecule has 0 saturated carbocycles. The van der Waals surface area contributed by atoms with Crippen molar-refractivity contribution in [1.29, 1.82) is 0 Å². The highest BCUT2D eigenvalue weighted by molar-refractivity contribution is 6.06. The van der Waals surface area contributed by atoms with Gasteiger partial charge in [-0.05, 0) is 31.5 Å². The molecule has 2 aromatic heterocycles. The second-order valence-electron chi connectivity index (χ2n) is 7.42. The van der Waals surface area contributed by atoms with E-state index in [9.17, 15) is 14.0 Å². The van der Waals surface area contributed by atoms with Gasteiger partial charge in [-0.1, -0.05) is 48.5 Å². The van der Waals surface area contributed by atoms with Crippen molar-refractivity contribution in [3.05, 3.63) is 105 Å². The number of nitrogens with zero attached hydrogens (tertiary/aromatic N) is 2. The third kappa shape index (κ3) is 4.01. The van der Waals surface area contributed by atoms with Crippen molar-refractivity contribution in [2.24, 2.45) is 0 Å². The summed E-state index contributed by atoms with van der Waals surface area (Å²) in [5.74, 6) is -0.246. The van der Waals surface area contributed by atoms with E-state index in [1.54, 1.807) is 42.3 Å². The van der Waals surface area contributed by atoms with Crippen LogP contribution in [0.5, 0.6) is 0 Å². The third-order valence-corrected chi connectivity index (χ3v) is 5.39. The van der Waals surface area contributed by atoms with Crippen LogP contribution in [0, 0.1) is 12.7 Å². The highest BCUT2D eigenvalue weighted by Gasteiger charge is 2.25. The molecule has 2 aromatic carbocycles. The Morgan fingerprint density at radius 2 is 1.77 bits per heavy atom. The Kier molecular flexibility index (Phi) is 5.71. The lowest BCUT2D eigenvalue weighted by Crippen LogP contribution is -2.31. The van der Waals surface area contributed by atoms with E-state index in [4.69, 9.17) is 4.42 Å². The van der Waals surface area contributed by atoms with Gasteiger partial charge in [0.2, 0.25) is 0 Å². The molecule has 0 aliphatic heterocycles. The number of pyridine rings is 1. The van der Waals surface area contributed by atoms with Crippen molar-refractivity contribution in [3.8, 4) is 0 Å². The molecule has 0 atom stereocenters. The minimum atomic E-state index is -0.380. The van der Waals surface area contributed by atoms with E-state index < -0.39 is 0 Å². The lowest BCUT2D eigenvalue weighted by Gasteiger charge is -2.21. The number of aryl methyl sites for hydroxylation is 1. The molecule has 0 spiro atoms. The van der Waals surface area contributed by atoms with Gasteiger partial charge in [-0.2, -0.15) is 0 Å². The number of rotatable bonds is 6. The van der Waals surface area contributed by atoms with Gasteiger partial charge in [-0.25, -0.2) is 4.39 Å². The Balaban J connectivity index is 1.75. The van der Waals surface area contributed by atoms with Gasteiger partial charge in [0, 0.05) is 24.8 Å². The highest BCUT2D eigenvalue weighted by Crippen LogP contribution is 2.25. The van der Waals surface area contributed by atoms with Crippen LogP contribution in [0.3, 0.4) is 0 Å². The number of carbonyl (C=O) groups excluding carboxylic acids is 1. The Morgan fingerprint density at radius 1 is 1.06 bits per heavy atom. The van der Waals surface area contributed by atoms with Crippen molar-refractivity contribution in [2.75, 3.05) is 6.54 Å². The zero-order valence-electron chi connectivity index (χ0n) is 17.5. The number of furan rings is 1. The smallest absolute Gasteiger partial charge is 0.262 e. The van der Waals surface area contributed by atoms with E-state index >= 15 is 0 Å². The predicted octanol–water partition coefficient (Wildman–Crippen LogP) is 4.75. The van der Waals surface area contributed by atoms with Crippen LogP contribution in [-0.2, 0) is 13.1 Å². The maximum absolute atomic E-state index is 14.1. The van der Waals surface area contributed by atoms with Crippen molar-refractivity contribution in [3.63, 3.8) is 0 Å². The summed E-state index contributed by atoms with van der Waals surface area (Å²) in [7, 11) is 0. The van der Waals surface area contributed by atoms with E-state index in [-0.39, 0.29) is 34.8 Å². The van der Waals surface area contributed by atoms with E-state index in [1.807, 2.05) is 37.3 Å². The van der Waals surface area contributed by atoms with Gasteiger partial charge in [0.25, 0.3) is 11.5 Å². The molecule has 6 heteroatoms. The molecule has 2 heterocycles. The first-order valence-electron chi connectivity index (χ1n) is 10.2. The van der Waals surface area contributed by atoms with Crippen LogP contribution in [0.15, 0.2) is 76.1 Å². The first-order valence-corrected chi connectivity index (χ1v) is 10.2. The monoisotopic (exact) mass is 418 g/mol. The molecule has 158 valence electrons. The summed E-state index contributed by atoms with van der Waals surface area (Å²) in [5.41, 5.74) is 1.64. The van der Waals surface area contributed by atoms with Gasteiger partial charge in [0.15, 0.2) is 0 Å². The molecule has 0 saturated heterocycles. The highest BCUT2D eigenvalue weighted by atomic mass is 19.1. The van der Waals surface area contributed by atoms with Crippen molar-refractivity contribution < 1.29 is 13.6 Å². The lowest BCUT2D eigenvalue weighted by atomic mass is 10.1.